The molecule has 2 unspecified atom stereocenters. The number of nitrogen functional groups attached to an aromatic ring is 1. The van der Waals surface area contributed by atoms with Crippen molar-refractivity contribution in [1.82, 2.24) is 9.55 Å². The van der Waals surface area contributed by atoms with Gasteiger partial charge < -0.3 is 35.2 Å². The van der Waals surface area contributed by atoms with Crippen LogP contribution in [0.5, 0.6) is 0 Å². The number of rotatable bonds is 7. The molecule has 0 bridgehead atoms. The summed E-state index contributed by atoms with van der Waals surface area (Å²) in [6.07, 6.45) is -3.51. The van der Waals surface area contributed by atoms with Gasteiger partial charge in [0.15, 0.2) is 11.6 Å². The second kappa shape index (κ2) is 8.07. The topological polar surface area (TPSA) is 177 Å². The van der Waals surface area contributed by atoms with Crippen molar-refractivity contribution >= 4 is 13.4 Å². The minimum atomic E-state index is -4.42. The molecule has 1 aliphatic heterocycles. The van der Waals surface area contributed by atoms with Crippen molar-refractivity contribution in [3.63, 3.8) is 0 Å². The fourth-order valence-corrected chi connectivity index (χ4v) is 4.00. The molecular weight excluding hydrogens is 405 g/mol. The molecule has 1 aromatic rings. The summed E-state index contributed by atoms with van der Waals surface area (Å²) < 4.78 is 24.5. The minimum absolute atomic E-state index is 0.0492. The molecule has 166 valence electrons. The number of aliphatic hydroxyl groups is 3. The van der Waals surface area contributed by atoms with E-state index in [1.54, 1.807) is 20.8 Å². The van der Waals surface area contributed by atoms with Crippen molar-refractivity contribution in [2.45, 2.75) is 82.9 Å². The molecule has 0 radical (unpaired) electrons. The van der Waals surface area contributed by atoms with Crippen LogP contribution in [0.4, 0.5) is 5.82 Å². The van der Waals surface area contributed by atoms with Crippen LogP contribution in [0, 0.1) is 6.92 Å². The van der Waals surface area contributed by atoms with Gasteiger partial charge >= 0.3 is 13.3 Å². The molecule has 6 atom stereocenters. The van der Waals surface area contributed by atoms with Crippen molar-refractivity contribution in [3.05, 3.63) is 22.2 Å². The van der Waals surface area contributed by atoms with Crippen LogP contribution in [0.25, 0.3) is 0 Å². The zero-order chi connectivity index (χ0) is 22.4. The van der Waals surface area contributed by atoms with Crippen LogP contribution in [0.3, 0.4) is 0 Å². The molecule has 2 heterocycles. The molecule has 0 spiro atoms. The van der Waals surface area contributed by atoms with Gasteiger partial charge in [-0.2, -0.15) is 4.98 Å². The lowest BCUT2D eigenvalue weighted by Gasteiger charge is -2.36. The zero-order valence-corrected chi connectivity index (χ0v) is 18.0. The first-order valence-electron chi connectivity index (χ1n) is 9.25. The van der Waals surface area contributed by atoms with Gasteiger partial charge in [0, 0.05) is 18.2 Å². The minimum Gasteiger partial charge on any atom is -0.388 e. The standard InChI is InChI=1S/C17H30N3O8P/c1-6-17(5,28-29(25,26)16(3,4)24)7-10-11(21)12(22)14(27-10)20-8-9(2)13(18)19-15(20)23/h8,10-12,14,21-22,24H,6-7H2,1-5H3,(H,25,26)(H2,18,19,23)/t10-,11-,12-,14-,17?/m1/s1. The maximum atomic E-state index is 12.4. The third-order valence-corrected chi connectivity index (χ3v) is 7.27. The predicted molar refractivity (Wildman–Crippen MR) is 104 cm³/mol. The first-order chi connectivity index (χ1) is 13.1. The smallest absolute Gasteiger partial charge is 0.359 e. The maximum Gasteiger partial charge on any atom is 0.359 e. The maximum absolute atomic E-state index is 12.4. The highest BCUT2D eigenvalue weighted by Crippen LogP contribution is 2.57. The van der Waals surface area contributed by atoms with Crippen LogP contribution in [-0.4, -0.2) is 59.0 Å². The van der Waals surface area contributed by atoms with Crippen molar-refractivity contribution in [2.75, 3.05) is 5.73 Å². The quantitative estimate of drug-likeness (QED) is 0.373. The molecule has 1 saturated heterocycles. The summed E-state index contributed by atoms with van der Waals surface area (Å²) in [4.78, 5) is 25.9. The van der Waals surface area contributed by atoms with Gasteiger partial charge in [-0.15, -0.1) is 0 Å². The first kappa shape index (κ1) is 23.9. The van der Waals surface area contributed by atoms with E-state index < -0.39 is 48.8 Å². The summed E-state index contributed by atoms with van der Waals surface area (Å²) in [5, 5.41) is 28.8. The Morgan fingerprint density at radius 1 is 1.34 bits per heavy atom. The third kappa shape index (κ3) is 4.88. The number of ether oxygens (including phenoxy) is 1. The SMILES string of the molecule is CCC(C)(C[C@H]1O[C@@H](n2cc(C)c(N)nc2=O)[C@H](O)[C@@H]1O)OP(=O)(O)C(C)(C)O. The zero-order valence-electron chi connectivity index (χ0n) is 17.1. The normalized spacial score (nSPS) is 29.4. The molecule has 0 saturated carbocycles. The molecule has 1 aliphatic rings. The fraction of sp³-hybridized carbons (Fsp3) is 0.765. The molecule has 6 N–H and O–H groups in total. The van der Waals surface area contributed by atoms with Gasteiger partial charge in [-0.3, -0.25) is 9.13 Å². The molecule has 0 aliphatic carbocycles. The Labute approximate surface area is 168 Å². The summed E-state index contributed by atoms with van der Waals surface area (Å²) >= 11 is 0. The van der Waals surface area contributed by atoms with E-state index in [1.165, 1.54) is 6.20 Å². The number of nitrogens with two attached hydrogens (primary N) is 1. The highest BCUT2D eigenvalue weighted by Gasteiger charge is 2.50. The lowest BCUT2D eigenvalue weighted by Crippen LogP contribution is -2.40. The Bertz CT molecular complexity index is 854. The van der Waals surface area contributed by atoms with E-state index in [4.69, 9.17) is 15.0 Å². The molecular formula is C17H30N3O8P. The van der Waals surface area contributed by atoms with Crippen LogP contribution < -0.4 is 11.4 Å². The van der Waals surface area contributed by atoms with Crippen LogP contribution in [-0.2, 0) is 13.8 Å². The number of hydrogen-bond acceptors (Lipinski definition) is 9. The van der Waals surface area contributed by atoms with E-state index >= 15 is 0 Å². The highest BCUT2D eigenvalue weighted by molar-refractivity contribution is 7.54. The number of aryl methyl sites for hydroxylation is 1. The molecule has 1 aromatic heterocycles. The van der Waals surface area contributed by atoms with E-state index in [0.29, 0.717) is 5.56 Å². The average Bonchev–Trinajstić information content (AvgIpc) is 2.85. The van der Waals surface area contributed by atoms with Crippen LogP contribution in [0.15, 0.2) is 11.0 Å². The van der Waals surface area contributed by atoms with Crippen LogP contribution in [0.2, 0.25) is 0 Å². The summed E-state index contributed by atoms with van der Waals surface area (Å²) in [6, 6.07) is 0. The van der Waals surface area contributed by atoms with E-state index in [1.807, 2.05) is 0 Å². The van der Waals surface area contributed by atoms with Crippen LogP contribution >= 0.6 is 7.60 Å². The molecule has 29 heavy (non-hydrogen) atoms. The number of aliphatic hydroxyl groups excluding tert-OH is 2. The summed E-state index contributed by atoms with van der Waals surface area (Å²) in [6.45, 7) is 7.20. The summed E-state index contributed by atoms with van der Waals surface area (Å²) in [7, 11) is -4.42. The Morgan fingerprint density at radius 3 is 2.45 bits per heavy atom. The van der Waals surface area contributed by atoms with E-state index in [2.05, 4.69) is 4.98 Å². The van der Waals surface area contributed by atoms with Gasteiger partial charge in [0.1, 0.15) is 18.0 Å². The molecule has 11 nitrogen and oxygen atoms in total. The Morgan fingerprint density at radius 2 is 1.93 bits per heavy atom. The largest absolute Gasteiger partial charge is 0.388 e. The van der Waals surface area contributed by atoms with E-state index in [9.17, 15) is 29.6 Å². The van der Waals surface area contributed by atoms with Gasteiger partial charge in [0.05, 0.1) is 11.7 Å². The van der Waals surface area contributed by atoms with Gasteiger partial charge in [0.25, 0.3) is 0 Å². The molecule has 12 heteroatoms. The second-order valence-corrected chi connectivity index (χ2v) is 10.5. The van der Waals surface area contributed by atoms with E-state index in [0.717, 1.165) is 18.4 Å². The Kier molecular flexibility index (Phi) is 6.66. The molecule has 2 rings (SSSR count). The third-order valence-electron chi connectivity index (χ3n) is 5.20. The highest BCUT2D eigenvalue weighted by atomic mass is 31.2. The van der Waals surface area contributed by atoms with Crippen molar-refractivity contribution < 1.29 is 34.0 Å². The Hall–Kier alpha value is -1.33. The number of anilines is 1. The predicted octanol–water partition coefficient (Wildman–Crippen LogP) is 0.242. The molecule has 0 aromatic carbocycles. The van der Waals surface area contributed by atoms with Crippen molar-refractivity contribution in [2.24, 2.45) is 0 Å². The second-order valence-electron chi connectivity index (χ2n) is 8.16. The van der Waals surface area contributed by atoms with Gasteiger partial charge in [-0.05, 0) is 34.1 Å². The van der Waals surface area contributed by atoms with Crippen LogP contribution in [0.1, 0.15) is 52.3 Å². The summed E-state index contributed by atoms with van der Waals surface area (Å²) in [5.41, 5.74) is 4.09. The van der Waals surface area contributed by atoms with Crippen molar-refractivity contribution in [3.8, 4) is 0 Å². The molecule has 1 fully saturated rings. The average molecular weight is 435 g/mol. The lowest BCUT2D eigenvalue weighted by molar-refractivity contribution is -0.0709. The lowest BCUT2D eigenvalue weighted by atomic mass is 9.93. The van der Waals surface area contributed by atoms with Gasteiger partial charge in [-0.25, -0.2) is 4.79 Å². The van der Waals surface area contributed by atoms with Crippen molar-refractivity contribution in [1.29, 1.82) is 0 Å². The number of nitrogens with zero attached hydrogens (tertiary/aromatic N) is 2. The Balaban J connectivity index is 2.27. The van der Waals surface area contributed by atoms with E-state index in [-0.39, 0.29) is 18.7 Å². The molecule has 0 amide bonds. The first-order valence-corrected chi connectivity index (χ1v) is 10.8. The fourth-order valence-electron chi connectivity index (χ4n) is 2.97. The summed E-state index contributed by atoms with van der Waals surface area (Å²) in [5.74, 6) is 0.0492. The number of aromatic nitrogens is 2. The monoisotopic (exact) mass is 435 g/mol. The van der Waals surface area contributed by atoms with Gasteiger partial charge in [-0.1, -0.05) is 6.92 Å². The van der Waals surface area contributed by atoms with Gasteiger partial charge in [0.2, 0.25) is 0 Å². The number of hydrogen-bond donors (Lipinski definition) is 5.